The van der Waals surface area contributed by atoms with Crippen molar-refractivity contribution in [3.05, 3.63) is 59.8 Å². The highest BCUT2D eigenvalue weighted by atomic mass is 16.5. The second-order valence-electron chi connectivity index (χ2n) is 5.06. The van der Waals surface area contributed by atoms with Gasteiger partial charge in [0.15, 0.2) is 0 Å². The first-order valence-electron chi connectivity index (χ1n) is 7.52. The molecule has 3 heteroatoms. The van der Waals surface area contributed by atoms with Crippen molar-refractivity contribution in [3.63, 3.8) is 0 Å². The van der Waals surface area contributed by atoms with Crippen LogP contribution in [0.5, 0.6) is 0 Å². The molecule has 1 aliphatic rings. The van der Waals surface area contributed by atoms with E-state index in [0.717, 1.165) is 30.8 Å². The summed E-state index contributed by atoms with van der Waals surface area (Å²) in [6.45, 7) is 6.24. The Labute approximate surface area is 127 Å². The molecule has 2 rings (SSSR count). The number of benzene rings is 1. The minimum atomic E-state index is -0.324. The quantitative estimate of drug-likeness (QED) is 0.588. The number of nitrogens with zero attached hydrogens (tertiary/aromatic N) is 2. The van der Waals surface area contributed by atoms with Gasteiger partial charge in [-0.3, -0.25) is 9.89 Å². The molecule has 0 aromatic heterocycles. The van der Waals surface area contributed by atoms with Crippen LogP contribution in [0, 0.1) is 0 Å². The van der Waals surface area contributed by atoms with Gasteiger partial charge in [-0.25, -0.2) is 0 Å². The third-order valence-corrected chi connectivity index (χ3v) is 3.93. The molecule has 0 amide bonds. The number of methoxy groups -OCH3 is 1. The molecule has 1 atom stereocenters. The van der Waals surface area contributed by atoms with Crippen molar-refractivity contribution in [1.82, 2.24) is 4.90 Å². The number of ether oxygens (including phenoxy) is 1. The van der Waals surface area contributed by atoms with Crippen molar-refractivity contribution in [1.29, 1.82) is 0 Å². The third kappa shape index (κ3) is 3.69. The number of rotatable bonds is 6. The van der Waals surface area contributed by atoms with E-state index in [1.807, 2.05) is 42.6 Å². The van der Waals surface area contributed by atoms with Gasteiger partial charge in [-0.1, -0.05) is 50.3 Å². The Balaban J connectivity index is 2.08. The van der Waals surface area contributed by atoms with Crippen LogP contribution in [0.2, 0.25) is 0 Å². The molecule has 0 radical (unpaired) electrons. The maximum Gasteiger partial charge on any atom is 0.144 e. The van der Waals surface area contributed by atoms with Gasteiger partial charge < -0.3 is 4.74 Å². The Bertz CT molecular complexity index is 529. The molecule has 1 aromatic rings. The zero-order valence-electron chi connectivity index (χ0n) is 13.1. The van der Waals surface area contributed by atoms with Crippen LogP contribution in [0.4, 0.5) is 0 Å². The van der Waals surface area contributed by atoms with Gasteiger partial charge in [0.1, 0.15) is 5.72 Å². The average molecular weight is 284 g/mol. The summed E-state index contributed by atoms with van der Waals surface area (Å²) >= 11 is 0. The summed E-state index contributed by atoms with van der Waals surface area (Å²) < 4.78 is 5.78. The largest absolute Gasteiger partial charge is 0.360 e. The maximum absolute atomic E-state index is 5.78. The fourth-order valence-corrected chi connectivity index (χ4v) is 2.66. The predicted molar refractivity (Wildman–Crippen MR) is 88.5 cm³/mol. The molecule has 3 nitrogen and oxygen atoms in total. The molecule has 1 unspecified atom stereocenters. The molecule has 0 fully saturated rings. The van der Waals surface area contributed by atoms with E-state index < -0.39 is 0 Å². The van der Waals surface area contributed by atoms with E-state index in [0.29, 0.717) is 0 Å². The van der Waals surface area contributed by atoms with E-state index in [1.54, 1.807) is 7.11 Å². The summed E-state index contributed by atoms with van der Waals surface area (Å²) in [5.41, 5.74) is 1.77. The van der Waals surface area contributed by atoms with Crippen LogP contribution in [0.1, 0.15) is 25.8 Å². The zero-order chi connectivity index (χ0) is 15.1. The lowest BCUT2D eigenvalue weighted by atomic mass is 10.0. The molecule has 1 aliphatic carbocycles. The highest BCUT2D eigenvalue weighted by Gasteiger charge is 2.33. The van der Waals surface area contributed by atoms with Crippen LogP contribution < -0.4 is 0 Å². The van der Waals surface area contributed by atoms with Gasteiger partial charge in [0.05, 0.1) is 5.70 Å². The Kier molecular flexibility index (Phi) is 5.48. The van der Waals surface area contributed by atoms with E-state index in [2.05, 4.69) is 35.9 Å². The minimum absolute atomic E-state index is 0.324. The molecule has 0 saturated heterocycles. The number of allylic oxidation sites excluding steroid dienone is 1. The molecule has 112 valence electrons. The van der Waals surface area contributed by atoms with E-state index in [9.17, 15) is 0 Å². The highest BCUT2D eigenvalue weighted by Crippen LogP contribution is 2.28. The Morgan fingerprint density at radius 2 is 1.95 bits per heavy atom. The van der Waals surface area contributed by atoms with E-state index >= 15 is 0 Å². The lowest BCUT2D eigenvalue weighted by Crippen LogP contribution is -2.49. The van der Waals surface area contributed by atoms with Crippen LogP contribution in [0.3, 0.4) is 0 Å². The number of aliphatic imine (C=N–C) groups is 1. The zero-order valence-corrected chi connectivity index (χ0v) is 13.1. The highest BCUT2D eigenvalue weighted by molar-refractivity contribution is 5.80. The third-order valence-electron chi connectivity index (χ3n) is 3.93. The van der Waals surface area contributed by atoms with Crippen molar-refractivity contribution < 1.29 is 4.74 Å². The van der Waals surface area contributed by atoms with E-state index in [1.165, 1.54) is 0 Å². The van der Waals surface area contributed by atoms with Crippen LogP contribution in [0.25, 0.3) is 0 Å². The first-order chi connectivity index (χ1) is 10.2. The fraction of sp³-hybridized carbons (Fsp3) is 0.389. The minimum Gasteiger partial charge on any atom is -0.360 e. The number of hydrogen-bond acceptors (Lipinski definition) is 3. The van der Waals surface area contributed by atoms with Crippen molar-refractivity contribution in [2.24, 2.45) is 4.99 Å². The second-order valence-corrected chi connectivity index (χ2v) is 5.06. The average Bonchev–Trinajstić information content (AvgIpc) is 2.56. The van der Waals surface area contributed by atoms with Gasteiger partial charge >= 0.3 is 0 Å². The van der Waals surface area contributed by atoms with Crippen molar-refractivity contribution in [3.8, 4) is 0 Å². The topological polar surface area (TPSA) is 24.8 Å². The van der Waals surface area contributed by atoms with Crippen LogP contribution in [-0.2, 0) is 4.74 Å². The molecule has 0 saturated carbocycles. The van der Waals surface area contributed by atoms with Gasteiger partial charge in [0, 0.05) is 19.7 Å². The van der Waals surface area contributed by atoms with Gasteiger partial charge in [-0.15, -0.1) is 0 Å². The molecule has 1 aromatic carbocycles. The van der Waals surface area contributed by atoms with E-state index in [-0.39, 0.29) is 5.72 Å². The second kappa shape index (κ2) is 7.34. The van der Waals surface area contributed by atoms with Crippen LogP contribution in [-0.4, -0.2) is 37.0 Å². The van der Waals surface area contributed by atoms with Crippen LogP contribution >= 0.6 is 0 Å². The maximum atomic E-state index is 5.78. The summed E-state index contributed by atoms with van der Waals surface area (Å²) in [5.74, 6) is 0. The van der Waals surface area contributed by atoms with Gasteiger partial charge in [0.25, 0.3) is 0 Å². The van der Waals surface area contributed by atoms with E-state index in [4.69, 9.17) is 4.74 Å². The predicted octanol–water partition coefficient (Wildman–Crippen LogP) is 3.63. The van der Waals surface area contributed by atoms with Crippen molar-refractivity contribution in [2.45, 2.75) is 26.0 Å². The Morgan fingerprint density at radius 1 is 1.24 bits per heavy atom. The summed E-state index contributed by atoms with van der Waals surface area (Å²) in [6.07, 6.45) is 9.03. The first-order valence-corrected chi connectivity index (χ1v) is 7.52. The molecular formula is C18H24N2O. The molecule has 0 spiro atoms. The Morgan fingerprint density at radius 3 is 2.48 bits per heavy atom. The fourth-order valence-electron chi connectivity index (χ4n) is 2.66. The summed E-state index contributed by atoms with van der Waals surface area (Å²) in [7, 11) is 1.77. The smallest absolute Gasteiger partial charge is 0.144 e. The SMILES string of the molecule is CCN(CC)C1(OC)C=CC(N=Cc2ccccc2)=CC1. The molecule has 0 N–H and O–H groups in total. The molecule has 0 bridgehead atoms. The van der Waals surface area contributed by atoms with Gasteiger partial charge in [0.2, 0.25) is 0 Å². The summed E-state index contributed by atoms with van der Waals surface area (Å²) in [5, 5.41) is 0. The number of hydrogen-bond donors (Lipinski definition) is 0. The van der Waals surface area contributed by atoms with Gasteiger partial charge in [-0.2, -0.15) is 0 Å². The lowest BCUT2D eigenvalue weighted by Gasteiger charge is -2.40. The molecule has 21 heavy (non-hydrogen) atoms. The van der Waals surface area contributed by atoms with Crippen molar-refractivity contribution >= 4 is 6.21 Å². The van der Waals surface area contributed by atoms with Crippen LogP contribution in [0.15, 0.2) is 59.2 Å². The lowest BCUT2D eigenvalue weighted by molar-refractivity contribution is -0.0933. The molecular weight excluding hydrogens is 260 g/mol. The van der Waals surface area contributed by atoms with Gasteiger partial charge in [-0.05, 0) is 30.8 Å². The Hall–Kier alpha value is -1.71. The molecule has 0 heterocycles. The summed E-state index contributed by atoms with van der Waals surface area (Å²) in [6, 6.07) is 10.1. The van der Waals surface area contributed by atoms with Crippen molar-refractivity contribution in [2.75, 3.05) is 20.2 Å². The number of likely N-dealkylation sites (N-methyl/N-ethyl adjacent to an activating group) is 1. The first kappa shape index (κ1) is 15.7. The molecule has 0 aliphatic heterocycles. The standard InChI is InChI=1S/C18H24N2O/c1-4-20(5-2)18(21-3)13-11-17(12-14-18)19-15-16-9-7-6-8-10-16/h6-13,15H,4-5,14H2,1-3H3. The monoisotopic (exact) mass is 284 g/mol. The normalized spacial score (nSPS) is 22.0. The summed E-state index contributed by atoms with van der Waals surface area (Å²) in [4.78, 5) is 6.86.